The van der Waals surface area contributed by atoms with E-state index in [0.29, 0.717) is 16.2 Å². The van der Waals surface area contributed by atoms with Gasteiger partial charge >= 0.3 is 11.8 Å². The normalized spacial score (nSPS) is 10.2. The van der Waals surface area contributed by atoms with Gasteiger partial charge in [0, 0.05) is 4.47 Å². The zero-order valence-corrected chi connectivity index (χ0v) is 12.4. The van der Waals surface area contributed by atoms with Gasteiger partial charge in [-0.3, -0.25) is 9.59 Å². The molecular formula is C14H8BrF3N2O2. The van der Waals surface area contributed by atoms with Crippen molar-refractivity contribution in [2.45, 2.75) is 0 Å². The topological polar surface area (TPSA) is 58.2 Å². The lowest BCUT2D eigenvalue weighted by molar-refractivity contribution is -0.133. The predicted octanol–water partition coefficient (Wildman–Crippen LogP) is 3.44. The fourth-order valence-electron chi connectivity index (χ4n) is 1.54. The Morgan fingerprint density at radius 3 is 2.05 bits per heavy atom. The highest BCUT2D eigenvalue weighted by atomic mass is 79.9. The van der Waals surface area contributed by atoms with Crippen molar-refractivity contribution < 1.29 is 22.8 Å². The second kappa shape index (κ2) is 6.61. The molecule has 2 aromatic rings. The first kappa shape index (κ1) is 16.0. The third-order valence-corrected chi connectivity index (χ3v) is 3.30. The molecule has 0 radical (unpaired) electrons. The SMILES string of the molecule is O=C(Nc1ccccc1Br)C(=O)Nc1ccc(F)c(F)c1F. The predicted molar refractivity (Wildman–Crippen MR) is 77.7 cm³/mol. The number of carbonyl (C=O) groups is 2. The van der Waals surface area contributed by atoms with E-state index in [2.05, 4.69) is 21.2 Å². The molecule has 0 fully saturated rings. The van der Waals surface area contributed by atoms with E-state index in [-0.39, 0.29) is 0 Å². The molecule has 8 heteroatoms. The lowest BCUT2D eigenvalue weighted by atomic mass is 10.2. The Balaban J connectivity index is 2.11. The molecule has 4 nitrogen and oxygen atoms in total. The molecule has 0 unspecified atom stereocenters. The summed E-state index contributed by atoms with van der Waals surface area (Å²) in [5.74, 6) is -7.02. The summed E-state index contributed by atoms with van der Waals surface area (Å²) < 4.78 is 39.8. The van der Waals surface area contributed by atoms with Gasteiger partial charge in [0.05, 0.1) is 11.4 Å². The summed E-state index contributed by atoms with van der Waals surface area (Å²) in [6, 6.07) is 7.97. The first-order valence-corrected chi connectivity index (χ1v) is 6.70. The van der Waals surface area contributed by atoms with Gasteiger partial charge in [0.25, 0.3) is 0 Å². The molecule has 0 aliphatic heterocycles. The number of anilines is 2. The number of amides is 2. The van der Waals surface area contributed by atoms with Crippen molar-refractivity contribution in [1.82, 2.24) is 0 Å². The largest absolute Gasteiger partial charge is 0.317 e. The highest BCUT2D eigenvalue weighted by Gasteiger charge is 2.19. The zero-order valence-electron chi connectivity index (χ0n) is 10.8. The number of hydrogen-bond donors (Lipinski definition) is 2. The molecule has 0 aliphatic rings. The molecule has 2 N–H and O–H groups in total. The summed E-state index contributed by atoms with van der Waals surface area (Å²) in [6.45, 7) is 0. The van der Waals surface area contributed by atoms with Gasteiger partial charge in [-0.05, 0) is 40.2 Å². The van der Waals surface area contributed by atoms with Crippen molar-refractivity contribution in [1.29, 1.82) is 0 Å². The fourth-order valence-corrected chi connectivity index (χ4v) is 1.93. The minimum Gasteiger partial charge on any atom is -0.317 e. The molecule has 2 rings (SSSR count). The molecule has 0 heterocycles. The molecule has 0 aromatic heterocycles. The Kier molecular flexibility index (Phi) is 4.81. The van der Waals surface area contributed by atoms with Crippen molar-refractivity contribution in [3.05, 3.63) is 58.3 Å². The third-order valence-electron chi connectivity index (χ3n) is 2.61. The molecule has 114 valence electrons. The number of hydrogen-bond acceptors (Lipinski definition) is 2. The molecular weight excluding hydrogens is 365 g/mol. The molecule has 0 atom stereocenters. The first-order valence-electron chi connectivity index (χ1n) is 5.90. The second-order valence-electron chi connectivity index (χ2n) is 4.11. The Morgan fingerprint density at radius 1 is 0.818 bits per heavy atom. The molecule has 2 aromatic carbocycles. The van der Waals surface area contributed by atoms with Gasteiger partial charge in [0.15, 0.2) is 17.5 Å². The molecule has 0 aliphatic carbocycles. The molecule has 0 bridgehead atoms. The van der Waals surface area contributed by atoms with Crippen molar-refractivity contribution in [2.75, 3.05) is 10.6 Å². The van der Waals surface area contributed by atoms with Crippen LogP contribution in [0, 0.1) is 17.5 Å². The smallest absolute Gasteiger partial charge is 0.314 e. The third kappa shape index (κ3) is 3.45. The highest BCUT2D eigenvalue weighted by molar-refractivity contribution is 9.10. The Bertz CT molecular complexity index is 753. The quantitative estimate of drug-likeness (QED) is 0.626. The Labute approximate surface area is 131 Å². The summed E-state index contributed by atoms with van der Waals surface area (Å²) in [5.41, 5.74) is -0.306. The minimum absolute atomic E-state index is 0.327. The van der Waals surface area contributed by atoms with Crippen molar-refractivity contribution in [3.8, 4) is 0 Å². The van der Waals surface area contributed by atoms with Gasteiger partial charge in [-0.15, -0.1) is 0 Å². The van der Waals surface area contributed by atoms with E-state index in [1.54, 1.807) is 18.2 Å². The van der Waals surface area contributed by atoms with Crippen molar-refractivity contribution in [3.63, 3.8) is 0 Å². The fraction of sp³-hybridized carbons (Fsp3) is 0. The van der Waals surface area contributed by atoms with Crippen molar-refractivity contribution >= 4 is 39.1 Å². The monoisotopic (exact) mass is 372 g/mol. The van der Waals surface area contributed by atoms with Crippen LogP contribution in [0.25, 0.3) is 0 Å². The average molecular weight is 373 g/mol. The number of benzene rings is 2. The van der Waals surface area contributed by atoms with Crippen LogP contribution in [-0.4, -0.2) is 11.8 Å². The Morgan fingerprint density at radius 2 is 1.41 bits per heavy atom. The van der Waals surface area contributed by atoms with Crippen molar-refractivity contribution in [2.24, 2.45) is 0 Å². The lowest BCUT2D eigenvalue weighted by Gasteiger charge is -2.09. The molecule has 22 heavy (non-hydrogen) atoms. The number of carbonyl (C=O) groups excluding carboxylic acids is 2. The van der Waals surface area contributed by atoms with E-state index in [0.717, 1.165) is 6.07 Å². The number of rotatable bonds is 2. The number of nitrogens with one attached hydrogen (secondary N) is 2. The van der Waals surface area contributed by atoms with Gasteiger partial charge in [-0.1, -0.05) is 12.1 Å². The van der Waals surface area contributed by atoms with E-state index < -0.39 is 35.0 Å². The van der Waals surface area contributed by atoms with Crippen LogP contribution in [0.15, 0.2) is 40.9 Å². The molecule has 0 saturated heterocycles. The van der Waals surface area contributed by atoms with Gasteiger partial charge < -0.3 is 10.6 Å². The van der Waals surface area contributed by atoms with Crippen LogP contribution in [0.1, 0.15) is 0 Å². The van der Waals surface area contributed by atoms with E-state index in [4.69, 9.17) is 0 Å². The van der Waals surface area contributed by atoms with E-state index in [9.17, 15) is 22.8 Å². The molecule has 2 amide bonds. The van der Waals surface area contributed by atoms with Gasteiger partial charge in [0.2, 0.25) is 0 Å². The van der Waals surface area contributed by atoms with E-state index in [1.165, 1.54) is 6.07 Å². The second-order valence-corrected chi connectivity index (χ2v) is 4.97. The van der Waals surface area contributed by atoms with Gasteiger partial charge in [0.1, 0.15) is 0 Å². The number of para-hydroxylation sites is 1. The highest BCUT2D eigenvalue weighted by Crippen LogP contribution is 2.22. The molecule has 0 spiro atoms. The number of halogens is 4. The van der Waals surface area contributed by atoms with Crippen LogP contribution >= 0.6 is 15.9 Å². The maximum atomic E-state index is 13.4. The van der Waals surface area contributed by atoms with Crippen LogP contribution in [-0.2, 0) is 9.59 Å². The summed E-state index contributed by atoms with van der Waals surface area (Å²) in [4.78, 5) is 23.4. The maximum Gasteiger partial charge on any atom is 0.314 e. The van der Waals surface area contributed by atoms with E-state index in [1.807, 2.05) is 5.32 Å². The van der Waals surface area contributed by atoms with Crippen LogP contribution in [0.4, 0.5) is 24.5 Å². The molecule has 0 saturated carbocycles. The van der Waals surface area contributed by atoms with Crippen LogP contribution in [0.2, 0.25) is 0 Å². The first-order chi connectivity index (χ1) is 10.4. The van der Waals surface area contributed by atoms with Crippen LogP contribution in [0.5, 0.6) is 0 Å². The van der Waals surface area contributed by atoms with Gasteiger partial charge in [-0.2, -0.15) is 0 Å². The van der Waals surface area contributed by atoms with Crippen LogP contribution < -0.4 is 10.6 Å². The Hall–Kier alpha value is -2.35. The standard InChI is InChI=1S/C14H8BrF3N2O2/c15-7-3-1-2-4-9(7)19-13(21)14(22)20-10-6-5-8(16)11(17)12(10)18/h1-6H,(H,19,21)(H,20,22). The summed E-state index contributed by atoms with van der Waals surface area (Å²) >= 11 is 3.17. The van der Waals surface area contributed by atoms with E-state index >= 15 is 0 Å². The average Bonchev–Trinajstić information content (AvgIpc) is 2.50. The zero-order chi connectivity index (χ0) is 16.3. The van der Waals surface area contributed by atoms with Crippen LogP contribution in [0.3, 0.4) is 0 Å². The summed E-state index contributed by atoms with van der Waals surface area (Å²) in [6.07, 6.45) is 0. The summed E-state index contributed by atoms with van der Waals surface area (Å²) in [5, 5.41) is 4.16. The summed E-state index contributed by atoms with van der Waals surface area (Å²) in [7, 11) is 0. The van der Waals surface area contributed by atoms with Gasteiger partial charge in [-0.25, -0.2) is 13.2 Å². The minimum atomic E-state index is -1.73. The maximum absolute atomic E-state index is 13.4. The lowest BCUT2D eigenvalue weighted by Crippen LogP contribution is -2.29.